The van der Waals surface area contributed by atoms with Crippen molar-refractivity contribution in [3.63, 3.8) is 0 Å². The molecule has 2 aromatic heterocycles. The average molecular weight is 458 g/mol. The molecule has 2 aliphatic rings. The fourth-order valence-electron chi connectivity index (χ4n) is 4.17. The summed E-state index contributed by atoms with van der Waals surface area (Å²) in [5.74, 6) is -1.29. The number of carbonyl (C=O) groups excluding carboxylic acids is 3. The number of carbonyl (C=O) groups is 3. The Bertz CT molecular complexity index is 1170. The number of methoxy groups -OCH3 is 1. The van der Waals surface area contributed by atoms with E-state index in [4.69, 9.17) is 17.0 Å². The number of aromatic nitrogens is 1. The van der Waals surface area contributed by atoms with Gasteiger partial charge in [0, 0.05) is 23.3 Å². The van der Waals surface area contributed by atoms with E-state index in [2.05, 4.69) is 5.32 Å². The Morgan fingerprint density at radius 2 is 1.97 bits per heavy atom. The van der Waals surface area contributed by atoms with Gasteiger partial charge < -0.3 is 9.30 Å². The van der Waals surface area contributed by atoms with Crippen molar-refractivity contribution >= 4 is 52.5 Å². The third kappa shape index (κ3) is 3.51. The van der Waals surface area contributed by atoms with Crippen molar-refractivity contribution < 1.29 is 19.1 Å². The number of thiocarbonyl (C=S) groups is 1. The Kier molecular flexibility index (Phi) is 5.57. The minimum absolute atomic E-state index is 0.0232. The molecule has 0 saturated carbocycles. The number of nitrogens with zero attached hydrogens (tertiary/aromatic N) is 2. The number of fused-ring (bicyclic) bond motifs is 1. The van der Waals surface area contributed by atoms with Gasteiger partial charge in [0.1, 0.15) is 10.6 Å². The van der Waals surface area contributed by atoms with Crippen LogP contribution in [0.25, 0.3) is 11.1 Å². The normalized spacial score (nSPS) is 17.7. The van der Waals surface area contributed by atoms with Crippen LogP contribution in [-0.2, 0) is 27.2 Å². The van der Waals surface area contributed by atoms with Crippen LogP contribution in [0, 0.1) is 13.8 Å². The van der Waals surface area contributed by atoms with Crippen LogP contribution in [0.5, 0.6) is 0 Å². The molecule has 1 saturated heterocycles. The molecule has 0 bridgehead atoms. The number of hydrogen-bond donors (Lipinski definition) is 1. The Morgan fingerprint density at radius 3 is 2.68 bits per heavy atom. The summed E-state index contributed by atoms with van der Waals surface area (Å²) >= 11 is 6.62. The first-order valence-electron chi connectivity index (χ1n) is 10.0. The summed E-state index contributed by atoms with van der Waals surface area (Å²) < 4.78 is 7.12. The fourth-order valence-corrected chi connectivity index (χ4v) is 5.83. The van der Waals surface area contributed by atoms with Crippen molar-refractivity contribution in [1.82, 2.24) is 14.8 Å². The summed E-state index contributed by atoms with van der Waals surface area (Å²) in [6, 6.07) is 1.91. The molecule has 1 N–H and O–H groups in total. The van der Waals surface area contributed by atoms with Gasteiger partial charge in [0.2, 0.25) is 0 Å². The molecule has 0 aromatic carbocycles. The van der Waals surface area contributed by atoms with Gasteiger partial charge >= 0.3 is 5.97 Å². The Hall–Kier alpha value is -2.78. The van der Waals surface area contributed by atoms with Crippen molar-refractivity contribution in [3.8, 4) is 5.00 Å². The van der Waals surface area contributed by atoms with Gasteiger partial charge in [-0.2, -0.15) is 0 Å². The highest BCUT2D eigenvalue weighted by Crippen LogP contribution is 2.39. The molecule has 2 amide bonds. The molecule has 3 heterocycles. The minimum Gasteiger partial charge on any atom is -0.465 e. The Labute approximate surface area is 189 Å². The molecule has 0 unspecified atom stereocenters. The summed E-state index contributed by atoms with van der Waals surface area (Å²) in [6.45, 7) is 3.86. The maximum absolute atomic E-state index is 12.7. The largest absolute Gasteiger partial charge is 0.465 e. The van der Waals surface area contributed by atoms with Crippen molar-refractivity contribution in [2.75, 3.05) is 14.2 Å². The van der Waals surface area contributed by atoms with Crippen LogP contribution in [0.2, 0.25) is 0 Å². The summed E-state index contributed by atoms with van der Waals surface area (Å²) in [5, 5.41) is 3.45. The summed E-state index contributed by atoms with van der Waals surface area (Å²) in [6.07, 6.45) is 5.58. The maximum Gasteiger partial charge on any atom is 0.341 e. The molecule has 9 heteroatoms. The van der Waals surface area contributed by atoms with Gasteiger partial charge in [-0.05, 0) is 75.0 Å². The zero-order chi connectivity index (χ0) is 22.4. The van der Waals surface area contributed by atoms with Crippen LogP contribution in [0.1, 0.15) is 50.6 Å². The lowest BCUT2D eigenvalue weighted by atomic mass is 9.95. The van der Waals surface area contributed by atoms with E-state index in [0.29, 0.717) is 5.56 Å². The monoisotopic (exact) mass is 457 g/mol. The number of nitrogens with one attached hydrogen (secondary N) is 1. The van der Waals surface area contributed by atoms with E-state index in [9.17, 15) is 14.4 Å². The van der Waals surface area contributed by atoms with Crippen molar-refractivity contribution in [2.24, 2.45) is 0 Å². The minimum atomic E-state index is -0.514. The highest BCUT2D eigenvalue weighted by atomic mass is 32.1. The zero-order valence-electron chi connectivity index (χ0n) is 17.8. The highest BCUT2D eigenvalue weighted by molar-refractivity contribution is 7.80. The molecule has 0 spiro atoms. The molecule has 1 aliphatic heterocycles. The summed E-state index contributed by atoms with van der Waals surface area (Å²) in [4.78, 5) is 40.1. The number of amides is 2. The number of hydrogen-bond acceptors (Lipinski definition) is 6. The van der Waals surface area contributed by atoms with Crippen LogP contribution in [0.15, 0.2) is 11.6 Å². The number of likely N-dealkylation sites (N-methyl/N-ethyl adjacent to an activating group) is 1. The Balaban J connectivity index is 1.85. The molecule has 0 atom stereocenters. The fraction of sp³-hybridized carbons (Fsp3) is 0.364. The lowest BCUT2D eigenvalue weighted by molar-refractivity contribution is -0.128. The third-order valence-electron chi connectivity index (χ3n) is 5.82. The van der Waals surface area contributed by atoms with Gasteiger partial charge in [-0.15, -0.1) is 11.3 Å². The summed E-state index contributed by atoms with van der Waals surface area (Å²) in [5.41, 5.74) is 4.21. The maximum atomic E-state index is 12.7. The summed E-state index contributed by atoms with van der Waals surface area (Å²) in [7, 11) is 2.93. The molecule has 4 rings (SSSR count). The standard InChI is InChI=1S/C22H23N3O4S2/c1-11-9-13(10-15-18(26)23-22(30)24(3)19(15)27)12(2)25(11)20-17(21(28)29-4)14-7-5-6-8-16(14)31-20/h9-10H,5-8H2,1-4H3,(H,23,26,30). The first kappa shape index (κ1) is 21.5. The molecule has 7 nitrogen and oxygen atoms in total. The predicted octanol–water partition coefficient (Wildman–Crippen LogP) is 3.08. The number of esters is 1. The Morgan fingerprint density at radius 1 is 1.26 bits per heavy atom. The van der Waals surface area contributed by atoms with E-state index in [0.717, 1.165) is 53.2 Å². The van der Waals surface area contributed by atoms with E-state index >= 15 is 0 Å². The quantitative estimate of drug-likeness (QED) is 0.332. The smallest absolute Gasteiger partial charge is 0.341 e. The first-order chi connectivity index (χ1) is 14.7. The second-order valence-corrected chi connectivity index (χ2v) is 9.20. The molecule has 162 valence electrons. The second-order valence-electron chi connectivity index (χ2n) is 7.73. The van der Waals surface area contributed by atoms with E-state index in [1.165, 1.54) is 23.9 Å². The lowest BCUT2D eigenvalue weighted by Gasteiger charge is -2.25. The highest BCUT2D eigenvalue weighted by Gasteiger charge is 2.32. The zero-order valence-corrected chi connectivity index (χ0v) is 19.5. The number of thiophene rings is 1. The van der Waals surface area contributed by atoms with Crippen molar-refractivity contribution in [1.29, 1.82) is 0 Å². The molecule has 1 fully saturated rings. The number of rotatable bonds is 3. The predicted molar refractivity (Wildman–Crippen MR) is 123 cm³/mol. The van der Waals surface area contributed by atoms with Gasteiger partial charge in [-0.3, -0.25) is 19.8 Å². The lowest BCUT2D eigenvalue weighted by Crippen LogP contribution is -2.52. The van der Waals surface area contributed by atoms with Gasteiger partial charge in [0.25, 0.3) is 11.8 Å². The molecule has 2 aromatic rings. The molecule has 31 heavy (non-hydrogen) atoms. The van der Waals surface area contributed by atoms with E-state index < -0.39 is 11.8 Å². The van der Waals surface area contributed by atoms with E-state index in [-0.39, 0.29) is 16.7 Å². The van der Waals surface area contributed by atoms with Crippen molar-refractivity contribution in [2.45, 2.75) is 39.5 Å². The van der Waals surface area contributed by atoms with E-state index in [1.807, 2.05) is 24.5 Å². The van der Waals surface area contributed by atoms with Gasteiger partial charge in [-0.25, -0.2) is 4.79 Å². The van der Waals surface area contributed by atoms with Crippen LogP contribution < -0.4 is 5.32 Å². The molecule has 0 radical (unpaired) electrons. The average Bonchev–Trinajstić information content (AvgIpc) is 3.25. The first-order valence-corrected chi connectivity index (χ1v) is 11.2. The molecular weight excluding hydrogens is 434 g/mol. The molecular formula is C22H23N3O4S2. The second kappa shape index (κ2) is 8.05. The SMILES string of the molecule is COC(=O)c1c(-n2c(C)cc(C=C3C(=O)NC(=S)N(C)C3=O)c2C)sc2c1CCCC2. The van der Waals surface area contributed by atoms with Crippen LogP contribution >= 0.6 is 23.6 Å². The third-order valence-corrected chi connectivity index (χ3v) is 7.47. The topological polar surface area (TPSA) is 80.6 Å². The van der Waals surface area contributed by atoms with Crippen LogP contribution in [0.3, 0.4) is 0 Å². The number of ether oxygens (including phenoxy) is 1. The van der Waals surface area contributed by atoms with Gasteiger partial charge in [0.15, 0.2) is 5.11 Å². The van der Waals surface area contributed by atoms with Gasteiger partial charge in [0.05, 0.1) is 12.7 Å². The number of aryl methyl sites for hydroxylation is 2. The van der Waals surface area contributed by atoms with Crippen molar-refractivity contribution in [3.05, 3.63) is 44.6 Å². The molecule has 1 aliphatic carbocycles. The van der Waals surface area contributed by atoms with Crippen LogP contribution in [-0.4, -0.2) is 46.5 Å². The van der Waals surface area contributed by atoms with E-state index in [1.54, 1.807) is 17.4 Å². The van der Waals surface area contributed by atoms with Crippen LogP contribution in [0.4, 0.5) is 0 Å². The van der Waals surface area contributed by atoms with Gasteiger partial charge in [-0.1, -0.05) is 0 Å².